The van der Waals surface area contributed by atoms with Crippen LogP contribution >= 0.6 is 23.2 Å². The molecule has 2 aromatic rings. The predicted molar refractivity (Wildman–Crippen MR) is 108 cm³/mol. The van der Waals surface area contributed by atoms with Gasteiger partial charge in [-0.2, -0.15) is 0 Å². The normalized spacial score (nSPS) is 11.1. The van der Waals surface area contributed by atoms with Gasteiger partial charge in [0.15, 0.2) is 0 Å². The van der Waals surface area contributed by atoms with E-state index in [1.807, 2.05) is 0 Å². The van der Waals surface area contributed by atoms with E-state index in [0.29, 0.717) is 27.0 Å². The third-order valence-electron chi connectivity index (χ3n) is 3.65. The third kappa shape index (κ3) is 6.30. The minimum atomic E-state index is -3.67. The molecular formula is C18H20Cl2N2O4S. The van der Waals surface area contributed by atoms with Gasteiger partial charge in [0.25, 0.3) is 0 Å². The van der Waals surface area contributed by atoms with Crippen molar-refractivity contribution in [1.82, 2.24) is 5.32 Å². The quantitative estimate of drug-likeness (QED) is 0.651. The Kier molecular flexibility index (Phi) is 7.35. The van der Waals surface area contributed by atoms with Crippen LogP contribution in [-0.4, -0.2) is 40.3 Å². The van der Waals surface area contributed by atoms with Gasteiger partial charge in [0.05, 0.1) is 23.5 Å². The van der Waals surface area contributed by atoms with Crippen molar-refractivity contribution in [2.45, 2.75) is 6.92 Å². The third-order valence-corrected chi connectivity index (χ3v) is 5.32. The Morgan fingerprint density at radius 1 is 1.19 bits per heavy atom. The molecule has 0 bridgehead atoms. The highest BCUT2D eigenvalue weighted by atomic mass is 35.5. The van der Waals surface area contributed by atoms with Gasteiger partial charge in [0.1, 0.15) is 18.9 Å². The van der Waals surface area contributed by atoms with Crippen molar-refractivity contribution in [3.05, 3.63) is 58.1 Å². The number of aryl methyl sites for hydroxylation is 1. The molecule has 0 saturated heterocycles. The van der Waals surface area contributed by atoms with E-state index in [9.17, 15) is 13.2 Å². The Balaban J connectivity index is 1.96. The Labute approximate surface area is 169 Å². The summed E-state index contributed by atoms with van der Waals surface area (Å²) in [6.45, 7) is 1.80. The van der Waals surface area contributed by atoms with Gasteiger partial charge in [-0.25, -0.2) is 8.42 Å². The maximum Gasteiger partial charge on any atom is 0.240 e. The second-order valence-electron chi connectivity index (χ2n) is 5.83. The van der Waals surface area contributed by atoms with Gasteiger partial charge < -0.3 is 10.1 Å². The number of ether oxygens (including phenoxy) is 1. The molecule has 146 valence electrons. The molecule has 9 heteroatoms. The van der Waals surface area contributed by atoms with E-state index in [1.54, 1.807) is 43.3 Å². The number of benzene rings is 2. The Bertz CT molecular complexity index is 919. The molecule has 2 aromatic carbocycles. The molecule has 0 aliphatic rings. The number of rotatable bonds is 8. The van der Waals surface area contributed by atoms with Gasteiger partial charge in [-0.1, -0.05) is 41.4 Å². The summed E-state index contributed by atoms with van der Waals surface area (Å²) in [6, 6.07) is 11.9. The Morgan fingerprint density at radius 2 is 1.89 bits per heavy atom. The molecule has 0 saturated carbocycles. The van der Waals surface area contributed by atoms with Gasteiger partial charge in [0.2, 0.25) is 15.9 Å². The average Bonchev–Trinajstić information content (AvgIpc) is 2.59. The highest BCUT2D eigenvalue weighted by Crippen LogP contribution is 2.26. The molecule has 0 heterocycles. The van der Waals surface area contributed by atoms with Crippen LogP contribution in [-0.2, 0) is 14.8 Å². The van der Waals surface area contributed by atoms with Gasteiger partial charge in [0, 0.05) is 5.02 Å². The smallest absolute Gasteiger partial charge is 0.240 e. The summed E-state index contributed by atoms with van der Waals surface area (Å²) in [5, 5.41) is 3.49. The lowest BCUT2D eigenvalue weighted by molar-refractivity contribution is -0.119. The van der Waals surface area contributed by atoms with Crippen molar-refractivity contribution in [1.29, 1.82) is 0 Å². The van der Waals surface area contributed by atoms with E-state index in [2.05, 4.69) is 5.32 Å². The van der Waals surface area contributed by atoms with Crippen molar-refractivity contribution in [2.75, 3.05) is 30.3 Å². The van der Waals surface area contributed by atoms with Crippen molar-refractivity contribution in [2.24, 2.45) is 0 Å². The number of hydrogen-bond donors (Lipinski definition) is 1. The molecule has 0 spiro atoms. The molecule has 1 amide bonds. The molecular weight excluding hydrogens is 411 g/mol. The van der Waals surface area contributed by atoms with E-state index >= 15 is 0 Å². The number of amides is 1. The standard InChI is InChI=1S/C18H20Cl2N2O4S/c1-13-7-8-14(19)11-16(13)22(27(2,24)25)12-18(23)21-9-10-26-17-6-4-3-5-15(17)20/h3-8,11H,9-10,12H2,1-2H3,(H,21,23). The lowest BCUT2D eigenvalue weighted by atomic mass is 10.2. The fourth-order valence-electron chi connectivity index (χ4n) is 2.33. The Hall–Kier alpha value is -1.96. The van der Waals surface area contributed by atoms with E-state index in [-0.39, 0.29) is 19.7 Å². The summed E-state index contributed by atoms with van der Waals surface area (Å²) in [6.07, 6.45) is 1.04. The molecule has 1 N–H and O–H groups in total. The Morgan fingerprint density at radius 3 is 2.56 bits per heavy atom. The van der Waals surface area contributed by atoms with Gasteiger partial charge in [-0.05, 0) is 36.8 Å². The maximum absolute atomic E-state index is 12.2. The number of sulfonamides is 1. The van der Waals surface area contributed by atoms with Crippen LogP contribution in [0.15, 0.2) is 42.5 Å². The van der Waals surface area contributed by atoms with Gasteiger partial charge in [-0.15, -0.1) is 0 Å². The van der Waals surface area contributed by atoms with Crippen LogP contribution in [0.25, 0.3) is 0 Å². The number of carbonyl (C=O) groups excluding carboxylic acids is 1. The van der Waals surface area contributed by atoms with E-state index in [0.717, 1.165) is 10.6 Å². The monoisotopic (exact) mass is 430 g/mol. The molecule has 0 aliphatic carbocycles. The van der Waals surface area contributed by atoms with E-state index in [4.69, 9.17) is 27.9 Å². The second-order valence-corrected chi connectivity index (χ2v) is 8.58. The van der Waals surface area contributed by atoms with Crippen LogP contribution in [0.1, 0.15) is 5.56 Å². The molecule has 6 nitrogen and oxygen atoms in total. The topological polar surface area (TPSA) is 75.7 Å². The first-order valence-electron chi connectivity index (χ1n) is 8.06. The van der Waals surface area contributed by atoms with E-state index < -0.39 is 15.9 Å². The lowest BCUT2D eigenvalue weighted by Crippen LogP contribution is -2.41. The zero-order valence-electron chi connectivity index (χ0n) is 14.9. The number of anilines is 1. The van der Waals surface area contributed by atoms with Gasteiger partial charge in [-0.3, -0.25) is 9.10 Å². The van der Waals surface area contributed by atoms with Crippen molar-refractivity contribution >= 4 is 44.8 Å². The minimum absolute atomic E-state index is 0.199. The van der Waals surface area contributed by atoms with Gasteiger partial charge >= 0.3 is 0 Å². The number of hydrogen-bond acceptors (Lipinski definition) is 4. The zero-order chi connectivity index (χ0) is 20.0. The molecule has 0 aliphatic heterocycles. The summed E-state index contributed by atoms with van der Waals surface area (Å²) in [5.74, 6) is 0.0586. The summed E-state index contributed by atoms with van der Waals surface area (Å²) >= 11 is 12.0. The highest BCUT2D eigenvalue weighted by molar-refractivity contribution is 7.92. The first-order chi connectivity index (χ1) is 12.7. The number of nitrogens with one attached hydrogen (secondary N) is 1. The number of nitrogens with zero attached hydrogens (tertiary/aromatic N) is 1. The molecule has 27 heavy (non-hydrogen) atoms. The largest absolute Gasteiger partial charge is 0.490 e. The average molecular weight is 431 g/mol. The molecule has 0 radical (unpaired) electrons. The predicted octanol–water partition coefficient (Wildman–Crippen LogP) is 3.26. The maximum atomic E-state index is 12.2. The lowest BCUT2D eigenvalue weighted by Gasteiger charge is -2.23. The molecule has 2 rings (SSSR count). The second kappa shape index (κ2) is 9.30. The summed E-state index contributed by atoms with van der Waals surface area (Å²) in [4.78, 5) is 12.2. The zero-order valence-corrected chi connectivity index (χ0v) is 17.2. The van der Waals surface area contributed by atoms with Crippen LogP contribution in [0.2, 0.25) is 10.0 Å². The number of carbonyl (C=O) groups is 1. The summed E-state index contributed by atoms with van der Waals surface area (Å²) in [5.41, 5.74) is 1.06. The van der Waals surface area contributed by atoms with Crippen molar-refractivity contribution in [3.63, 3.8) is 0 Å². The molecule has 0 fully saturated rings. The molecule has 0 unspecified atom stereocenters. The first-order valence-corrected chi connectivity index (χ1v) is 10.7. The fourth-order valence-corrected chi connectivity index (χ4v) is 3.59. The van der Waals surface area contributed by atoms with Crippen molar-refractivity contribution in [3.8, 4) is 5.75 Å². The summed E-state index contributed by atoms with van der Waals surface area (Å²) in [7, 11) is -3.67. The summed E-state index contributed by atoms with van der Waals surface area (Å²) < 4.78 is 30.8. The fraction of sp³-hybridized carbons (Fsp3) is 0.278. The molecule has 0 aromatic heterocycles. The minimum Gasteiger partial charge on any atom is -0.490 e. The van der Waals surface area contributed by atoms with Crippen LogP contribution < -0.4 is 14.4 Å². The van der Waals surface area contributed by atoms with Crippen LogP contribution in [0.3, 0.4) is 0 Å². The SMILES string of the molecule is Cc1ccc(Cl)cc1N(CC(=O)NCCOc1ccccc1Cl)S(C)(=O)=O. The van der Waals surface area contributed by atoms with E-state index in [1.165, 1.54) is 6.07 Å². The first kappa shape index (κ1) is 21.3. The van der Waals surface area contributed by atoms with Crippen LogP contribution in [0, 0.1) is 6.92 Å². The number of halogens is 2. The molecule has 0 atom stereocenters. The van der Waals surface area contributed by atoms with Crippen molar-refractivity contribution < 1.29 is 17.9 Å². The van der Waals surface area contributed by atoms with Crippen LogP contribution in [0.5, 0.6) is 5.75 Å². The van der Waals surface area contributed by atoms with Crippen LogP contribution in [0.4, 0.5) is 5.69 Å². The number of para-hydroxylation sites is 1. The highest BCUT2D eigenvalue weighted by Gasteiger charge is 2.22.